The van der Waals surface area contributed by atoms with E-state index in [0.717, 1.165) is 24.3 Å². The van der Waals surface area contributed by atoms with Crippen LogP contribution < -0.4 is 10.6 Å². The van der Waals surface area contributed by atoms with Gasteiger partial charge >= 0.3 is 12.2 Å². The average Bonchev–Trinajstić information content (AvgIpc) is 2.54. The molecule has 1 unspecified atom stereocenters. The molecule has 8 heteroatoms. The Morgan fingerprint density at radius 1 is 1.00 bits per heavy atom. The molecule has 0 heterocycles. The molecule has 0 aromatic heterocycles. The lowest BCUT2D eigenvalue weighted by atomic mass is 9.93. The van der Waals surface area contributed by atoms with Crippen LogP contribution >= 0.6 is 0 Å². The normalized spacial score (nSPS) is 13.9. The van der Waals surface area contributed by atoms with Crippen LogP contribution in [0.3, 0.4) is 0 Å². The standard InChI is InChI=1S/C16H14F4N2O2/c17-12-6-8-13(9-7-12)22-14(23)21-10-15(24,16(18,19)20)11-4-2-1-3-5-11/h1-9,24H,10H2,(H2,21,22,23). The highest BCUT2D eigenvalue weighted by atomic mass is 19.4. The van der Waals surface area contributed by atoms with E-state index >= 15 is 0 Å². The highest BCUT2D eigenvalue weighted by Crippen LogP contribution is 2.38. The maximum absolute atomic E-state index is 13.2. The van der Waals surface area contributed by atoms with Gasteiger partial charge < -0.3 is 15.7 Å². The van der Waals surface area contributed by atoms with Crippen LogP contribution in [-0.2, 0) is 5.60 Å². The van der Waals surface area contributed by atoms with E-state index in [1.807, 2.05) is 5.32 Å². The summed E-state index contributed by atoms with van der Waals surface area (Å²) in [4.78, 5) is 11.7. The molecule has 4 nitrogen and oxygen atoms in total. The molecule has 0 aliphatic rings. The van der Waals surface area contributed by atoms with E-state index in [9.17, 15) is 27.5 Å². The summed E-state index contributed by atoms with van der Waals surface area (Å²) in [7, 11) is 0. The van der Waals surface area contributed by atoms with Crippen molar-refractivity contribution in [3.05, 3.63) is 66.0 Å². The predicted octanol–water partition coefficient (Wildman–Crippen LogP) is 3.40. The number of alkyl halides is 3. The monoisotopic (exact) mass is 342 g/mol. The number of amides is 2. The number of hydrogen-bond acceptors (Lipinski definition) is 2. The lowest BCUT2D eigenvalue weighted by molar-refractivity contribution is -0.263. The van der Waals surface area contributed by atoms with Gasteiger partial charge in [-0.05, 0) is 29.8 Å². The number of anilines is 1. The fraction of sp³-hybridized carbons (Fsp3) is 0.188. The van der Waals surface area contributed by atoms with Gasteiger partial charge in [0.1, 0.15) is 5.82 Å². The van der Waals surface area contributed by atoms with Crippen molar-refractivity contribution in [2.24, 2.45) is 0 Å². The minimum atomic E-state index is -4.99. The molecule has 1 atom stereocenters. The van der Waals surface area contributed by atoms with Gasteiger partial charge in [-0.25, -0.2) is 9.18 Å². The molecule has 24 heavy (non-hydrogen) atoms. The fourth-order valence-electron chi connectivity index (χ4n) is 2.00. The van der Waals surface area contributed by atoms with Crippen LogP contribution in [0.1, 0.15) is 5.56 Å². The van der Waals surface area contributed by atoms with Crippen molar-refractivity contribution < 1.29 is 27.5 Å². The molecular weight excluding hydrogens is 328 g/mol. The van der Waals surface area contributed by atoms with Gasteiger partial charge in [-0.1, -0.05) is 30.3 Å². The van der Waals surface area contributed by atoms with E-state index in [-0.39, 0.29) is 11.3 Å². The van der Waals surface area contributed by atoms with Crippen LogP contribution in [0.25, 0.3) is 0 Å². The lowest BCUT2D eigenvalue weighted by Crippen LogP contribution is -2.51. The van der Waals surface area contributed by atoms with E-state index in [2.05, 4.69) is 5.32 Å². The van der Waals surface area contributed by atoms with Crippen molar-refractivity contribution in [3.63, 3.8) is 0 Å². The maximum atomic E-state index is 13.2. The molecular formula is C16H14F4N2O2. The fourth-order valence-corrected chi connectivity index (χ4v) is 2.00. The van der Waals surface area contributed by atoms with E-state index in [1.165, 1.54) is 30.3 Å². The summed E-state index contributed by atoms with van der Waals surface area (Å²) < 4.78 is 52.5. The largest absolute Gasteiger partial charge is 0.423 e. The quantitative estimate of drug-likeness (QED) is 0.746. The maximum Gasteiger partial charge on any atom is 0.423 e. The Kier molecular flexibility index (Phi) is 5.08. The summed E-state index contributed by atoms with van der Waals surface area (Å²) >= 11 is 0. The number of carbonyl (C=O) groups is 1. The summed E-state index contributed by atoms with van der Waals surface area (Å²) in [5, 5.41) is 14.3. The number of rotatable bonds is 4. The number of benzene rings is 2. The number of carbonyl (C=O) groups excluding carboxylic acids is 1. The second kappa shape index (κ2) is 6.88. The summed E-state index contributed by atoms with van der Waals surface area (Å²) in [5.74, 6) is -0.517. The molecule has 0 radical (unpaired) electrons. The lowest BCUT2D eigenvalue weighted by Gasteiger charge is -2.31. The number of hydrogen-bond donors (Lipinski definition) is 3. The molecule has 0 saturated carbocycles. The summed E-state index contributed by atoms with van der Waals surface area (Å²) in [6.45, 7) is -1.08. The van der Waals surface area contributed by atoms with Crippen LogP contribution in [-0.4, -0.2) is 23.9 Å². The molecule has 0 aliphatic carbocycles. The van der Waals surface area contributed by atoms with Gasteiger partial charge in [-0.15, -0.1) is 0 Å². The third-order valence-electron chi connectivity index (χ3n) is 3.33. The molecule has 0 fully saturated rings. The van der Waals surface area contributed by atoms with E-state index in [1.54, 1.807) is 0 Å². The van der Waals surface area contributed by atoms with Crippen LogP contribution in [0.5, 0.6) is 0 Å². The van der Waals surface area contributed by atoms with Gasteiger partial charge in [0.25, 0.3) is 0 Å². The summed E-state index contributed by atoms with van der Waals surface area (Å²) in [6.07, 6.45) is -4.99. The zero-order valence-corrected chi connectivity index (χ0v) is 12.3. The van der Waals surface area contributed by atoms with Crippen LogP contribution in [0, 0.1) is 5.82 Å². The number of aliphatic hydroxyl groups is 1. The van der Waals surface area contributed by atoms with Crippen LogP contribution in [0.4, 0.5) is 28.0 Å². The van der Waals surface area contributed by atoms with E-state index in [0.29, 0.717) is 0 Å². The van der Waals surface area contributed by atoms with E-state index in [4.69, 9.17) is 0 Å². The number of urea groups is 1. The van der Waals surface area contributed by atoms with Gasteiger partial charge in [0.05, 0.1) is 6.54 Å². The first kappa shape index (κ1) is 17.7. The second-order valence-electron chi connectivity index (χ2n) is 5.04. The topological polar surface area (TPSA) is 61.4 Å². The van der Waals surface area contributed by atoms with Crippen LogP contribution in [0.15, 0.2) is 54.6 Å². The second-order valence-corrected chi connectivity index (χ2v) is 5.04. The Hall–Kier alpha value is -2.61. The van der Waals surface area contributed by atoms with Crippen molar-refractivity contribution in [2.75, 3.05) is 11.9 Å². The molecule has 128 valence electrons. The van der Waals surface area contributed by atoms with Crippen LogP contribution in [0.2, 0.25) is 0 Å². The Bertz CT molecular complexity index is 689. The molecule has 0 aliphatic heterocycles. The highest BCUT2D eigenvalue weighted by Gasteiger charge is 2.55. The van der Waals surface area contributed by atoms with Crippen molar-refractivity contribution in [1.29, 1.82) is 0 Å². The smallest absolute Gasteiger partial charge is 0.375 e. The molecule has 0 bridgehead atoms. The van der Waals surface area contributed by atoms with Gasteiger partial charge in [-0.3, -0.25) is 0 Å². The summed E-state index contributed by atoms with van der Waals surface area (Å²) in [5.41, 5.74) is -3.42. The van der Waals surface area contributed by atoms with Crippen molar-refractivity contribution in [1.82, 2.24) is 5.32 Å². The average molecular weight is 342 g/mol. The summed E-state index contributed by atoms with van der Waals surface area (Å²) in [6, 6.07) is 10.2. The van der Waals surface area contributed by atoms with Gasteiger partial charge in [0, 0.05) is 5.69 Å². The van der Waals surface area contributed by atoms with Crippen molar-refractivity contribution in [3.8, 4) is 0 Å². The molecule has 3 N–H and O–H groups in total. The molecule has 0 spiro atoms. The Labute approximate surface area is 135 Å². The first-order chi connectivity index (χ1) is 11.2. The highest BCUT2D eigenvalue weighted by molar-refractivity contribution is 5.89. The number of halogens is 4. The molecule has 2 aromatic carbocycles. The first-order valence-corrected chi connectivity index (χ1v) is 6.87. The first-order valence-electron chi connectivity index (χ1n) is 6.87. The zero-order chi connectivity index (χ0) is 17.8. The van der Waals surface area contributed by atoms with Crippen molar-refractivity contribution in [2.45, 2.75) is 11.8 Å². The zero-order valence-electron chi connectivity index (χ0n) is 12.3. The van der Waals surface area contributed by atoms with E-state index < -0.39 is 30.2 Å². The predicted molar refractivity (Wildman–Crippen MR) is 79.8 cm³/mol. The third-order valence-corrected chi connectivity index (χ3v) is 3.33. The van der Waals surface area contributed by atoms with Gasteiger partial charge in [0.2, 0.25) is 5.60 Å². The Balaban J connectivity index is 2.08. The molecule has 2 aromatic rings. The van der Waals surface area contributed by atoms with Gasteiger partial charge in [0.15, 0.2) is 0 Å². The van der Waals surface area contributed by atoms with Gasteiger partial charge in [-0.2, -0.15) is 13.2 Å². The molecule has 2 rings (SSSR count). The molecule has 2 amide bonds. The minimum absolute atomic E-state index is 0.198. The SMILES string of the molecule is O=C(NCC(O)(c1ccccc1)C(F)(F)F)Nc1ccc(F)cc1. The Morgan fingerprint density at radius 2 is 1.58 bits per heavy atom. The Morgan fingerprint density at radius 3 is 2.12 bits per heavy atom. The third kappa shape index (κ3) is 4.02. The minimum Gasteiger partial charge on any atom is -0.375 e. The van der Waals surface area contributed by atoms with Crippen molar-refractivity contribution >= 4 is 11.7 Å². The number of nitrogens with one attached hydrogen (secondary N) is 2. The molecule has 0 saturated heterocycles.